The predicted octanol–water partition coefficient (Wildman–Crippen LogP) is 4.64. The molecule has 0 saturated heterocycles. The van der Waals surface area contributed by atoms with Crippen LogP contribution in [-0.2, 0) is 6.54 Å². The smallest absolute Gasteiger partial charge is 0.387 e. The van der Waals surface area contributed by atoms with Gasteiger partial charge in [-0.1, -0.05) is 24.3 Å². The van der Waals surface area contributed by atoms with E-state index in [-0.39, 0.29) is 29.0 Å². The summed E-state index contributed by atoms with van der Waals surface area (Å²) in [5, 5.41) is 2.71. The number of fused-ring (bicyclic) bond motifs is 1. The molecule has 0 radical (unpaired) electrons. The number of halogens is 2. The number of imide groups is 1. The second kappa shape index (κ2) is 8.82. The molecule has 0 atom stereocenters. The largest absolute Gasteiger partial charge is 0.435 e. The molecule has 33 heavy (non-hydrogen) atoms. The third kappa shape index (κ3) is 4.45. The van der Waals surface area contributed by atoms with Gasteiger partial charge in [-0.3, -0.25) is 14.4 Å². The number of nitrogens with one attached hydrogen (secondary N) is 1. The van der Waals surface area contributed by atoms with E-state index < -0.39 is 24.3 Å². The molecular weight excluding hydrogens is 430 g/mol. The van der Waals surface area contributed by atoms with Crippen LogP contribution in [0.4, 0.5) is 14.5 Å². The van der Waals surface area contributed by atoms with Gasteiger partial charge < -0.3 is 10.1 Å². The van der Waals surface area contributed by atoms with Crippen LogP contribution in [0, 0.1) is 13.8 Å². The molecule has 4 rings (SSSR count). The minimum Gasteiger partial charge on any atom is -0.435 e. The highest BCUT2D eigenvalue weighted by atomic mass is 19.3. The quantitative estimate of drug-likeness (QED) is 0.556. The molecule has 168 valence electrons. The normalized spacial score (nSPS) is 12.8. The van der Waals surface area contributed by atoms with Gasteiger partial charge in [0.25, 0.3) is 17.7 Å². The third-order valence-electron chi connectivity index (χ3n) is 5.36. The van der Waals surface area contributed by atoms with E-state index in [1.807, 2.05) is 26.0 Å². The maximum absolute atomic E-state index is 13.0. The van der Waals surface area contributed by atoms with E-state index in [0.717, 1.165) is 16.0 Å². The standard InChI is InChI=1S/C25H20F2N2O4/c1-14-3-4-15(2)21(11-14)29-23(31)19-10-7-17(12-20(19)24(29)32)22(30)28-13-16-5-8-18(9-6-16)33-25(26)27/h3-12,25H,13H2,1-2H3,(H,28,30). The number of carbonyl (C=O) groups is 3. The molecule has 1 heterocycles. The number of aryl methyl sites for hydroxylation is 2. The molecule has 0 fully saturated rings. The van der Waals surface area contributed by atoms with Gasteiger partial charge in [0, 0.05) is 12.1 Å². The van der Waals surface area contributed by atoms with Gasteiger partial charge in [0.15, 0.2) is 0 Å². The second-order valence-corrected chi connectivity index (χ2v) is 7.70. The highest BCUT2D eigenvalue weighted by molar-refractivity contribution is 6.35. The minimum absolute atomic E-state index is 0.0234. The van der Waals surface area contributed by atoms with E-state index in [2.05, 4.69) is 10.1 Å². The number of amides is 3. The van der Waals surface area contributed by atoms with Crippen molar-refractivity contribution in [3.05, 3.63) is 94.0 Å². The van der Waals surface area contributed by atoms with Crippen LogP contribution in [0.2, 0.25) is 0 Å². The van der Waals surface area contributed by atoms with Gasteiger partial charge in [-0.25, -0.2) is 4.90 Å². The van der Waals surface area contributed by atoms with Crippen molar-refractivity contribution in [1.82, 2.24) is 5.32 Å². The predicted molar refractivity (Wildman–Crippen MR) is 118 cm³/mol. The molecule has 0 spiro atoms. The summed E-state index contributed by atoms with van der Waals surface area (Å²) >= 11 is 0. The number of hydrogen-bond donors (Lipinski definition) is 1. The second-order valence-electron chi connectivity index (χ2n) is 7.70. The molecule has 8 heteroatoms. The van der Waals surface area contributed by atoms with Crippen LogP contribution in [0.3, 0.4) is 0 Å². The van der Waals surface area contributed by atoms with Crippen LogP contribution in [-0.4, -0.2) is 24.3 Å². The van der Waals surface area contributed by atoms with Crippen molar-refractivity contribution in [1.29, 1.82) is 0 Å². The molecule has 3 aromatic carbocycles. The Morgan fingerprint density at radius 1 is 0.939 bits per heavy atom. The van der Waals surface area contributed by atoms with Crippen molar-refractivity contribution in [2.45, 2.75) is 27.0 Å². The van der Waals surface area contributed by atoms with Gasteiger partial charge in [0.2, 0.25) is 0 Å². The summed E-state index contributed by atoms with van der Waals surface area (Å²) < 4.78 is 28.8. The number of rotatable bonds is 6. The Labute approximate surface area is 188 Å². The van der Waals surface area contributed by atoms with Crippen LogP contribution in [0.1, 0.15) is 47.8 Å². The average Bonchev–Trinajstić information content (AvgIpc) is 3.04. The van der Waals surface area contributed by atoms with E-state index in [1.165, 1.54) is 30.3 Å². The number of ether oxygens (including phenoxy) is 1. The van der Waals surface area contributed by atoms with Crippen molar-refractivity contribution in [2.75, 3.05) is 4.90 Å². The summed E-state index contributed by atoms with van der Waals surface area (Å²) in [6.07, 6.45) is 0. The molecule has 0 saturated carbocycles. The molecule has 3 amide bonds. The van der Waals surface area contributed by atoms with E-state index in [0.29, 0.717) is 11.3 Å². The Hall–Kier alpha value is -4.07. The fraction of sp³-hybridized carbons (Fsp3) is 0.160. The monoisotopic (exact) mass is 450 g/mol. The molecule has 1 aliphatic heterocycles. The first-order valence-corrected chi connectivity index (χ1v) is 10.2. The highest BCUT2D eigenvalue weighted by Gasteiger charge is 2.37. The van der Waals surface area contributed by atoms with Gasteiger partial charge in [-0.15, -0.1) is 0 Å². The summed E-state index contributed by atoms with van der Waals surface area (Å²) in [6, 6.07) is 15.8. The molecule has 0 bridgehead atoms. The first kappa shape index (κ1) is 22.1. The topological polar surface area (TPSA) is 75.7 Å². The molecule has 6 nitrogen and oxygen atoms in total. The lowest BCUT2D eigenvalue weighted by Gasteiger charge is -2.17. The number of benzene rings is 3. The summed E-state index contributed by atoms with van der Waals surface area (Å²) in [6.45, 7) is 0.939. The fourth-order valence-electron chi connectivity index (χ4n) is 3.63. The first-order valence-electron chi connectivity index (χ1n) is 10.2. The maximum Gasteiger partial charge on any atom is 0.387 e. The summed E-state index contributed by atoms with van der Waals surface area (Å²) in [7, 11) is 0. The van der Waals surface area contributed by atoms with E-state index in [9.17, 15) is 23.2 Å². The van der Waals surface area contributed by atoms with E-state index in [4.69, 9.17) is 0 Å². The summed E-state index contributed by atoms with van der Waals surface area (Å²) in [5.74, 6) is -1.32. The van der Waals surface area contributed by atoms with E-state index in [1.54, 1.807) is 18.2 Å². The zero-order chi connectivity index (χ0) is 23.7. The SMILES string of the molecule is Cc1ccc(C)c(N2C(=O)c3ccc(C(=O)NCc4ccc(OC(F)F)cc4)cc3C2=O)c1. The zero-order valence-corrected chi connectivity index (χ0v) is 17.9. The molecule has 1 N–H and O–H groups in total. The number of anilines is 1. The first-order chi connectivity index (χ1) is 15.7. The molecule has 3 aromatic rings. The number of alkyl halides is 2. The van der Waals surface area contributed by atoms with Gasteiger partial charge in [0.1, 0.15) is 5.75 Å². The van der Waals surface area contributed by atoms with E-state index >= 15 is 0 Å². The van der Waals surface area contributed by atoms with Crippen LogP contribution < -0.4 is 15.0 Å². The molecule has 0 aromatic heterocycles. The Bertz CT molecular complexity index is 1260. The molecule has 0 aliphatic carbocycles. The maximum atomic E-state index is 13.0. The van der Waals surface area contributed by atoms with Crippen molar-refractivity contribution in [3.63, 3.8) is 0 Å². The lowest BCUT2D eigenvalue weighted by molar-refractivity contribution is -0.0498. The van der Waals surface area contributed by atoms with Crippen LogP contribution in [0.15, 0.2) is 60.7 Å². The lowest BCUT2D eigenvalue weighted by atomic mass is 10.1. The van der Waals surface area contributed by atoms with Crippen molar-refractivity contribution in [2.24, 2.45) is 0 Å². The Morgan fingerprint density at radius 3 is 2.33 bits per heavy atom. The van der Waals surface area contributed by atoms with Crippen LogP contribution >= 0.6 is 0 Å². The summed E-state index contributed by atoms with van der Waals surface area (Å²) in [5.41, 5.74) is 3.55. The third-order valence-corrected chi connectivity index (χ3v) is 5.36. The number of carbonyl (C=O) groups excluding carboxylic acids is 3. The van der Waals surface area contributed by atoms with Crippen LogP contribution in [0.25, 0.3) is 0 Å². The number of nitrogens with zero attached hydrogens (tertiary/aromatic N) is 1. The summed E-state index contributed by atoms with van der Waals surface area (Å²) in [4.78, 5) is 39.7. The van der Waals surface area contributed by atoms with Gasteiger partial charge in [-0.2, -0.15) is 8.78 Å². The average molecular weight is 450 g/mol. The Balaban J connectivity index is 1.49. The Morgan fingerprint density at radius 2 is 1.64 bits per heavy atom. The van der Waals surface area contributed by atoms with Gasteiger partial charge in [-0.05, 0) is 66.9 Å². The van der Waals surface area contributed by atoms with Gasteiger partial charge >= 0.3 is 6.61 Å². The van der Waals surface area contributed by atoms with Gasteiger partial charge in [0.05, 0.1) is 16.8 Å². The van der Waals surface area contributed by atoms with Crippen LogP contribution in [0.5, 0.6) is 5.75 Å². The Kier molecular flexibility index (Phi) is 5.91. The fourth-order valence-corrected chi connectivity index (χ4v) is 3.63. The van der Waals surface area contributed by atoms with Crippen molar-refractivity contribution in [3.8, 4) is 5.75 Å². The number of hydrogen-bond acceptors (Lipinski definition) is 4. The molecular formula is C25H20F2N2O4. The minimum atomic E-state index is -2.91. The highest BCUT2D eigenvalue weighted by Crippen LogP contribution is 2.31. The molecule has 0 unspecified atom stereocenters. The van der Waals surface area contributed by atoms with Crippen molar-refractivity contribution < 1.29 is 27.9 Å². The van der Waals surface area contributed by atoms with Crippen molar-refractivity contribution >= 4 is 23.4 Å². The zero-order valence-electron chi connectivity index (χ0n) is 17.9. The molecule has 1 aliphatic rings. The lowest BCUT2D eigenvalue weighted by Crippen LogP contribution is -2.30.